The third-order valence-corrected chi connectivity index (χ3v) is 3.22. The summed E-state index contributed by atoms with van der Waals surface area (Å²) in [4.78, 5) is 22.6. The summed E-state index contributed by atoms with van der Waals surface area (Å²) in [6.45, 7) is 4.66. The minimum atomic E-state index is -1.04. The third kappa shape index (κ3) is 3.26. The Labute approximate surface area is 122 Å². The number of hydrogen-bond acceptors (Lipinski definition) is 5. The molecule has 2 rings (SSSR count). The van der Waals surface area contributed by atoms with Gasteiger partial charge in [-0.25, -0.2) is 0 Å². The van der Waals surface area contributed by atoms with E-state index in [0.717, 1.165) is 0 Å². The maximum absolute atomic E-state index is 11.4. The van der Waals surface area contributed by atoms with Gasteiger partial charge in [-0.05, 0) is 31.5 Å². The molecule has 0 unspecified atom stereocenters. The largest absolute Gasteiger partial charge is 0.490 e. The lowest BCUT2D eigenvalue weighted by atomic mass is 9.95. The Hall–Kier alpha value is -2.24. The number of carboxylic acid groups (broad SMARTS) is 1. The van der Waals surface area contributed by atoms with Crippen LogP contribution in [0.15, 0.2) is 18.2 Å². The molecule has 0 aromatic heterocycles. The average Bonchev–Trinajstić information content (AvgIpc) is 2.83. The first-order valence-corrected chi connectivity index (χ1v) is 6.88. The molecule has 0 radical (unpaired) electrons. The van der Waals surface area contributed by atoms with Gasteiger partial charge in [-0.1, -0.05) is 6.07 Å². The van der Waals surface area contributed by atoms with E-state index in [2.05, 4.69) is 0 Å². The molecule has 1 aliphatic rings. The van der Waals surface area contributed by atoms with E-state index in [9.17, 15) is 14.7 Å². The van der Waals surface area contributed by atoms with Gasteiger partial charge in [0.1, 0.15) is 12.0 Å². The summed E-state index contributed by atoms with van der Waals surface area (Å²) in [7, 11) is 0. The summed E-state index contributed by atoms with van der Waals surface area (Å²) in [5.41, 5.74) is 0.597. The molecule has 1 aliphatic heterocycles. The van der Waals surface area contributed by atoms with Crippen molar-refractivity contribution in [1.82, 2.24) is 0 Å². The van der Waals surface area contributed by atoms with Gasteiger partial charge in [0.25, 0.3) is 0 Å². The fourth-order valence-electron chi connectivity index (χ4n) is 2.32. The van der Waals surface area contributed by atoms with Gasteiger partial charge in [0, 0.05) is 0 Å². The van der Waals surface area contributed by atoms with Crippen molar-refractivity contribution in [1.29, 1.82) is 0 Å². The fraction of sp³-hybridized carbons (Fsp3) is 0.467. The lowest BCUT2D eigenvalue weighted by Gasteiger charge is -2.17. The molecule has 114 valence electrons. The van der Waals surface area contributed by atoms with E-state index in [1.54, 1.807) is 18.2 Å². The van der Waals surface area contributed by atoms with Gasteiger partial charge in [-0.3, -0.25) is 9.59 Å². The smallest absolute Gasteiger partial charge is 0.311 e. The van der Waals surface area contributed by atoms with Gasteiger partial charge in [-0.2, -0.15) is 0 Å². The average molecular weight is 294 g/mol. The van der Waals surface area contributed by atoms with E-state index in [1.165, 1.54) is 0 Å². The van der Waals surface area contributed by atoms with E-state index >= 15 is 0 Å². The Morgan fingerprint density at radius 1 is 1.29 bits per heavy atom. The molecule has 1 N–H and O–H groups in total. The van der Waals surface area contributed by atoms with E-state index in [0.29, 0.717) is 30.3 Å². The van der Waals surface area contributed by atoms with Crippen LogP contribution in [0.25, 0.3) is 0 Å². The highest BCUT2D eigenvalue weighted by atomic mass is 16.6. The van der Waals surface area contributed by atoms with Crippen molar-refractivity contribution < 1.29 is 28.9 Å². The molecule has 1 aromatic carbocycles. The Kier molecular flexibility index (Phi) is 4.67. The highest BCUT2D eigenvalue weighted by Gasteiger charge is 2.41. The molecular weight excluding hydrogens is 276 g/mol. The molecule has 1 saturated heterocycles. The molecule has 2 atom stereocenters. The van der Waals surface area contributed by atoms with Crippen LogP contribution in [-0.4, -0.2) is 30.3 Å². The van der Waals surface area contributed by atoms with Crippen LogP contribution in [0.1, 0.15) is 31.9 Å². The minimum Gasteiger partial charge on any atom is -0.490 e. The number of carbonyl (C=O) groups is 2. The molecule has 21 heavy (non-hydrogen) atoms. The number of benzene rings is 1. The molecule has 6 nitrogen and oxygen atoms in total. The molecular formula is C15H18O6. The first kappa shape index (κ1) is 15.2. The second-order valence-electron chi connectivity index (χ2n) is 4.63. The highest BCUT2D eigenvalue weighted by molar-refractivity contribution is 5.82. The molecule has 6 heteroatoms. The standard InChI is InChI=1S/C15H18O6/c1-3-19-11-6-5-9(7-12(11)20-4-2)14-10(15(17)18)8-13(16)21-14/h5-7,10,14H,3-4,8H2,1-2H3,(H,17,18)/t10-,14+/m1/s1. The van der Waals surface area contributed by atoms with E-state index in [4.69, 9.17) is 14.2 Å². The number of cyclic esters (lactones) is 1. The van der Waals surface area contributed by atoms with E-state index in [1.807, 2.05) is 13.8 Å². The monoisotopic (exact) mass is 294 g/mol. The van der Waals surface area contributed by atoms with Crippen LogP contribution in [0.4, 0.5) is 0 Å². The zero-order valence-corrected chi connectivity index (χ0v) is 12.0. The van der Waals surface area contributed by atoms with Crippen molar-refractivity contribution in [3.63, 3.8) is 0 Å². The molecule has 1 heterocycles. The summed E-state index contributed by atoms with van der Waals surface area (Å²) < 4.78 is 16.1. The first-order chi connectivity index (χ1) is 10.1. The van der Waals surface area contributed by atoms with Crippen LogP contribution in [0.2, 0.25) is 0 Å². The zero-order valence-electron chi connectivity index (χ0n) is 12.0. The van der Waals surface area contributed by atoms with E-state index in [-0.39, 0.29) is 6.42 Å². The Morgan fingerprint density at radius 3 is 2.57 bits per heavy atom. The van der Waals surface area contributed by atoms with Crippen LogP contribution in [-0.2, 0) is 14.3 Å². The molecule has 0 saturated carbocycles. The SMILES string of the molecule is CCOc1ccc([C@@H]2OC(=O)C[C@H]2C(=O)O)cc1OCC. The normalized spacial score (nSPS) is 21.0. The van der Waals surface area contributed by atoms with Gasteiger partial charge in [0.05, 0.1) is 19.6 Å². The third-order valence-electron chi connectivity index (χ3n) is 3.22. The summed E-state index contributed by atoms with van der Waals surface area (Å²) in [5.74, 6) is -1.31. The van der Waals surface area contributed by atoms with Crippen molar-refractivity contribution in [2.45, 2.75) is 26.4 Å². The van der Waals surface area contributed by atoms with Crippen LogP contribution >= 0.6 is 0 Å². The summed E-state index contributed by atoms with van der Waals surface area (Å²) in [5, 5.41) is 9.19. The number of esters is 1. The molecule has 1 aromatic rings. The van der Waals surface area contributed by atoms with Gasteiger partial charge in [-0.15, -0.1) is 0 Å². The van der Waals surface area contributed by atoms with Crippen LogP contribution in [0, 0.1) is 5.92 Å². The van der Waals surface area contributed by atoms with Crippen molar-refractivity contribution in [2.24, 2.45) is 5.92 Å². The van der Waals surface area contributed by atoms with Crippen molar-refractivity contribution >= 4 is 11.9 Å². The lowest BCUT2D eigenvalue weighted by molar-refractivity contribution is -0.144. The fourth-order valence-corrected chi connectivity index (χ4v) is 2.32. The van der Waals surface area contributed by atoms with Crippen molar-refractivity contribution in [3.8, 4) is 11.5 Å². The predicted molar refractivity (Wildman–Crippen MR) is 73.4 cm³/mol. The highest BCUT2D eigenvalue weighted by Crippen LogP contribution is 2.39. The van der Waals surface area contributed by atoms with Gasteiger partial charge in [0.2, 0.25) is 0 Å². The lowest BCUT2D eigenvalue weighted by Crippen LogP contribution is -2.17. The quantitative estimate of drug-likeness (QED) is 0.810. The second-order valence-corrected chi connectivity index (χ2v) is 4.63. The van der Waals surface area contributed by atoms with Gasteiger partial charge >= 0.3 is 11.9 Å². The van der Waals surface area contributed by atoms with Crippen LogP contribution < -0.4 is 9.47 Å². The number of carboxylic acids is 1. The van der Waals surface area contributed by atoms with Crippen LogP contribution in [0.5, 0.6) is 11.5 Å². The number of aliphatic carboxylic acids is 1. The summed E-state index contributed by atoms with van der Waals surface area (Å²) in [6.07, 6.45) is -0.901. The van der Waals surface area contributed by atoms with Crippen LogP contribution in [0.3, 0.4) is 0 Å². The molecule has 0 aliphatic carbocycles. The Morgan fingerprint density at radius 2 is 1.95 bits per heavy atom. The topological polar surface area (TPSA) is 82.1 Å². The second kappa shape index (κ2) is 6.47. The summed E-state index contributed by atoms with van der Waals surface area (Å²) in [6, 6.07) is 5.08. The predicted octanol–water partition coefficient (Wildman–Crippen LogP) is 2.17. The number of carbonyl (C=O) groups excluding carboxylic acids is 1. The van der Waals surface area contributed by atoms with Crippen molar-refractivity contribution in [2.75, 3.05) is 13.2 Å². The molecule has 0 amide bonds. The molecule has 0 bridgehead atoms. The van der Waals surface area contributed by atoms with Gasteiger partial charge in [0.15, 0.2) is 11.5 Å². The Bertz CT molecular complexity index is 539. The Balaban J connectivity index is 2.32. The molecule has 0 spiro atoms. The maximum Gasteiger partial charge on any atom is 0.311 e. The first-order valence-electron chi connectivity index (χ1n) is 6.88. The molecule has 1 fully saturated rings. The zero-order chi connectivity index (χ0) is 15.4. The van der Waals surface area contributed by atoms with E-state index < -0.39 is 24.0 Å². The van der Waals surface area contributed by atoms with Gasteiger partial charge < -0.3 is 19.3 Å². The number of hydrogen-bond donors (Lipinski definition) is 1. The number of rotatable bonds is 6. The maximum atomic E-state index is 11.4. The number of ether oxygens (including phenoxy) is 3. The summed E-state index contributed by atoms with van der Waals surface area (Å²) >= 11 is 0. The van der Waals surface area contributed by atoms with Crippen molar-refractivity contribution in [3.05, 3.63) is 23.8 Å². The minimum absolute atomic E-state index is 0.114.